The van der Waals surface area contributed by atoms with Crippen molar-refractivity contribution in [2.24, 2.45) is 11.3 Å². The minimum Gasteiger partial charge on any atom is -0.480 e. The van der Waals surface area contributed by atoms with Gasteiger partial charge in [-0.05, 0) is 70.8 Å². The molecule has 3 aromatic carbocycles. The number of anilines is 2. The van der Waals surface area contributed by atoms with Crippen LogP contribution < -0.4 is 21.3 Å². The molecule has 0 aliphatic rings. The SMILES string of the molecule is CC(C)CC(C(=O)NC(Cc1ccccc1CC(NC(=O)CC(C)(C)C)C(=O)O)C(=O)O)c1ccc(NC(=O)Nc2ccc(Cl)cc2)cc1. The third kappa shape index (κ3) is 12.9. The predicted molar refractivity (Wildman–Crippen MR) is 190 cm³/mol. The fourth-order valence-electron chi connectivity index (χ4n) is 5.29. The van der Waals surface area contributed by atoms with Crippen LogP contribution >= 0.6 is 11.6 Å². The lowest BCUT2D eigenvalue weighted by Crippen LogP contribution is -2.45. The lowest BCUT2D eigenvalue weighted by molar-refractivity contribution is -0.142. The second-order valence-corrected chi connectivity index (χ2v) is 14.1. The Balaban J connectivity index is 1.74. The molecule has 0 saturated carbocycles. The van der Waals surface area contributed by atoms with Gasteiger partial charge < -0.3 is 31.5 Å². The number of carbonyl (C=O) groups excluding carboxylic acids is 3. The second-order valence-electron chi connectivity index (χ2n) is 13.7. The van der Waals surface area contributed by atoms with Gasteiger partial charge >= 0.3 is 18.0 Å². The molecule has 0 aliphatic carbocycles. The summed E-state index contributed by atoms with van der Waals surface area (Å²) < 4.78 is 0. The monoisotopic (exact) mass is 692 g/mol. The molecule has 0 radical (unpaired) electrons. The number of amides is 4. The van der Waals surface area contributed by atoms with Crippen LogP contribution in [0.5, 0.6) is 0 Å². The summed E-state index contributed by atoms with van der Waals surface area (Å²) in [6.45, 7) is 9.55. The van der Waals surface area contributed by atoms with Gasteiger partial charge in [-0.2, -0.15) is 0 Å². The van der Waals surface area contributed by atoms with E-state index in [-0.39, 0.29) is 30.6 Å². The molecule has 0 bridgehead atoms. The van der Waals surface area contributed by atoms with Crippen LogP contribution in [-0.2, 0) is 32.0 Å². The molecule has 12 heteroatoms. The van der Waals surface area contributed by atoms with Gasteiger partial charge in [0.25, 0.3) is 0 Å². The van der Waals surface area contributed by atoms with Gasteiger partial charge in [0.2, 0.25) is 11.8 Å². The smallest absolute Gasteiger partial charge is 0.326 e. The molecule has 3 unspecified atom stereocenters. The quantitative estimate of drug-likeness (QED) is 0.106. The molecule has 0 fully saturated rings. The van der Waals surface area contributed by atoms with Crippen molar-refractivity contribution >= 4 is 52.8 Å². The highest BCUT2D eigenvalue weighted by Crippen LogP contribution is 2.27. The Morgan fingerprint density at radius 3 is 1.63 bits per heavy atom. The number of nitrogens with one attached hydrogen (secondary N) is 4. The summed E-state index contributed by atoms with van der Waals surface area (Å²) in [7, 11) is 0. The Bertz CT molecular complexity index is 1620. The van der Waals surface area contributed by atoms with E-state index in [9.17, 15) is 34.2 Å². The predicted octanol–water partition coefficient (Wildman–Crippen LogP) is 6.47. The number of urea groups is 1. The molecule has 4 amide bonds. The van der Waals surface area contributed by atoms with E-state index in [0.29, 0.717) is 39.5 Å². The minimum atomic E-state index is -1.31. The average Bonchev–Trinajstić information content (AvgIpc) is 3.00. The largest absolute Gasteiger partial charge is 0.480 e. The summed E-state index contributed by atoms with van der Waals surface area (Å²) >= 11 is 5.90. The van der Waals surface area contributed by atoms with Gasteiger partial charge in [-0.15, -0.1) is 0 Å². The lowest BCUT2D eigenvalue weighted by Gasteiger charge is -2.24. The van der Waals surface area contributed by atoms with Crippen LogP contribution in [0.15, 0.2) is 72.8 Å². The number of carboxylic acid groups (broad SMARTS) is 2. The first-order valence-electron chi connectivity index (χ1n) is 16.1. The molecule has 3 aromatic rings. The topological polar surface area (TPSA) is 174 Å². The summed E-state index contributed by atoms with van der Waals surface area (Å²) in [5, 5.41) is 31.2. The summed E-state index contributed by atoms with van der Waals surface area (Å²) in [5.74, 6) is -3.90. The number of rotatable bonds is 15. The van der Waals surface area contributed by atoms with Crippen molar-refractivity contribution in [1.29, 1.82) is 0 Å². The van der Waals surface area contributed by atoms with E-state index in [1.165, 1.54) is 0 Å². The van der Waals surface area contributed by atoms with E-state index in [1.807, 2.05) is 34.6 Å². The molecular formula is C37H45ClN4O7. The third-order valence-corrected chi connectivity index (χ3v) is 7.85. The average molecular weight is 693 g/mol. The summed E-state index contributed by atoms with van der Waals surface area (Å²) in [6, 6.07) is 17.2. The highest BCUT2D eigenvalue weighted by atomic mass is 35.5. The highest BCUT2D eigenvalue weighted by Gasteiger charge is 2.29. The summed E-state index contributed by atoms with van der Waals surface area (Å²) in [5.41, 5.74) is 2.46. The summed E-state index contributed by atoms with van der Waals surface area (Å²) in [6.07, 6.45) is 0.421. The van der Waals surface area contributed by atoms with Crippen LogP contribution in [0.4, 0.5) is 16.2 Å². The van der Waals surface area contributed by atoms with Crippen molar-refractivity contribution in [3.63, 3.8) is 0 Å². The molecule has 0 aliphatic heterocycles. The van der Waals surface area contributed by atoms with Gasteiger partial charge in [-0.1, -0.05) is 82.6 Å². The third-order valence-electron chi connectivity index (χ3n) is 7.60. The molecule has 0 spiro atoms. The van der Waals surface area contributed by atoms with Crippen LogP contribution in [0.3, 0.4) is 0 Å². The van der Waals surface area contributed by atoms with Gasteiger partial charge in [0.1, 0.15) is 12.1 Å². The van der Waals surface area contributed by atoms with E-state index in [0.717, 1.165) is 0 Å². The molecule has 0 heterocycles. The van der Waals surface area contributed by atoms with Crippen LogP contribution in [-0.4, -0.2) is 52.1 Å². The lowest BCUT2D eigenvalue weighted by atomic mass is 9.88. The number of benzene rings is 3. The molecule has 49 heavy (non-hydrogen) atoms. The second kappa shape index (κ2) is 17.5. The highest BCUT2D eigenvalue weighted by molar-refractivity contribution is 6.30. The van der Waals surface area contributed by atoms with E-state index >= 15 is 0 Å². The van der Waals surface area contributed by atoms with Gasteiger partial charge in [-0.3, -0.25) is 9.59 Å². The molecule has 0 saturated heterocycles. The van der Waals surface area contributed by atoms with Crippen molar-refractivity contribution in [3.05, 3.63) is 94.5 Å². The number of hydrogen-bond acceptors (Lipinski definition) is 5. The zero-order valence-electron chi connectivity index (χ0n) is 28.4. The van der Waals surface area contributed by atoms with Crippen molar-refractivity contribution < 1.29 is 34.2 Å². The van der Waals surface area contributed by atoms with Crippen LogP contribution in [0.1, 0.15) is 70.1 Å². The first kappa shape index (κ1) is 38.5. The van der Waals surface area contributed by atoms with E-state index in [2.05, 4.69) is 21.3 Å². The Hall–Kier alpha value is -4.90. The van der Waals surface area contributed by atoms with Crippen molar-refractivity contribution in [3.8, 4) is 0 Å². The number of halogens is 1. The minimum absolute atomic E-state index is 0.0598. The molecule has 3 atom stereocenters. The van der Waals surface area contributed by atoms with Crippen molar-refractivity contribution in [1.82, 2.24) is 10.6 Å². The van der Waals surface area contributed by atoms with Crippen LogP contribution in [0, 0.1) is 11.3 Å². The Labute approximate surface area is 291 Å². The molecule has 0 aromatic heterocycles. The fraction of sp³-hybridized carbons (Fsp3) is 0.378. The first-order chi connectivity index (χ1) is 23.0. The zero-order valence-corrected chi connectivity index (χ0v) is 29.1. The zero-order chi connectivity index (χ0) is 36.3. The molecule has 6 N–H and O–H groups in total. The molecule has 3 rings (SSSR count). The molecular weight excluding hydrogens is 648 g/mol. The summed E-state index contributed by atoms with van der Waals surface area (Å²) in [4.78, 5) is 63.1. The van der Waals surface area contributed by atoms with Gasteiger partial charge in [0, 0.05) is 35.7 Å². The van der Waals surface area contributed by atoms with Gasteiger partial charge in [0.05, 0.1) is 5.92 Å². The van der Waals surface area contributed by atoms with Crippen LogP contribution in [0.25, 0.3) is 0 Å². The Kier molecular flexibility index (Phi) is 13.8. The normalized spacial score (nSPS) is 13.1. The van der Waals surface area contributed by atoms with E-state index < -0.39 is 47.8 Å². The number of hydrogen-bond donors (Lipinski definition) is 6. The number of carbonyl (C=O) groups is 5. The Morgan fingerprint density at radius 2 is 1.18 bits per heavy atom. The standard InChI is InChI=1S/C37H45ClN4O7/c1-22(2)18-29(23-10-14-27(15-11-23)39-36(49)40-28-16-12-26(38)13-17-28)33(44)42-31(35(47)48)20-25-9-7-6-8-24(25)19-30(34(45)46)41-32(43)21-37(3,4)5/h6-17,22,29-31H,18-21H2,1-5H3,(H,41,43)(H,42,44)(H,45,46)(H,47,48)(H2,39,40,49). The van der Waals surface area contributed by atoms with Crippen molar-refractivity contribution in [2.45, 2.75) is 78.3 Å². The maximum atomic E-state index is 13.7. The Morgan fingerprint density at radius 1 is 0.714 bits per heavy atom. The van der Waals surface area contributed by atoms with Gasteiger partial charge in [-0.25, -0.2) is 14.4 Å². The maximum Gasteiger partial charge on any atom is 0.326 e. The van der Waals surface area contributed by atoms with Crippen LogP contribution in [0.2, 0.25) is 5.02 Å². The number of aliphatic carboxylic acids is 2. The maximum absolute atomic E-state index is 13.7. The number of carboxylic acids is 2. The van der Waals surface area contributed by atoms with E-state index in [1.54, 1.807) is 72.8 Å². The molecule has 262 valence electrons. The van der Waals surface area contributed by atoms with E-state index in [4.69, 9.17) is 11.6 Å². The van der Waals surface area contributed by atoms with Gasteiger partial charge in [0.15, 0.2) is 0 Å². The molecule has 11 nitrogen and oxygen atoms in total. The van der Waals surface area contributed by atoms with Crippen molar-refractivity contribution in [2.75, 3.05) is 10.6 Å². The fourth-order valence-corrected chi connectivity index (χ4v) is 5.41. The first-order valence-corrected chi connectivity index (χ1v) is 16.4.